The van der Waals surface area contributed by atoms with Crippen LogP contribution < -0.4 is 0 Å². The number of carboxylic acid groups (broad SMARTS) is 1. The summed E-state index contributed by atoms with van der Waals surface area (Å²) in [5.74, 6) is -0.977. The monoisotopic (exact) mass is 390 g/mol. The molecular weight excluding hydrogens is 352 g/mol. The van der Waals surface area contributed by atoms with E-state index in [0.717, 1.165) is 19.3 Å². The largest absolute Gasteiger partial charge is 0.481 e. The molecule has 7 heteroatoms. The Morgan fingerprint density at radius 3 is 2.04 bits per heavy atom. The molecule has 160 valence electrons. The van der Waals surface area contributed by atoms with E-state index < -0.39 is 42.8 Å². The lowest BCUT2D eigenvalue weighted by atomic mass is 9.99. The molecule has 4 N–H and O–H groups in total. The lowest BCUT2D eigenvalue weighted by Gasteiger charge is -2.40. The van der Waals surface area contributed by atoms with Crippen LogP contribution in [0.25, 0.3) is 0 Å². The fraction of sp³-hybridized carbons (Fsp3) is 0.950. The van der Waals surface area contributed by atoms with Crippen molar-refractivity contribution in [3.05, 3.63) is 0 Å². The Balaban J connectivity index is 2.33. The van der Waals surface area contributed by atoms with Crippen molar-refractivity contribution in [2.24, 2.45) is 0 Å². The van der Waals surface area contributed by atoms with E-state index in [1.807, 2.05) is 0 Å². The molecular formula is C20H38O7. The fourth-order valence-electron chi connectivity index (χ4n) is 3.41. The van der Waals surface area contributed by atoms with Crippen LogP contribution >= 0.6 is 0 Å². The van der Waals surface area contributed by atoms with Crippen molar-refractivity contribution in [1.82, 2.24) is 0 Å². The molecule has 1 fully saturated rings. The second-order valence-electron chi connectivity index (χ2n) is 7.65. The number of rotatable bonds is 14. The molecule has 1 rings (SSSR count). The molecule has 0 saturated carbocycles. The average molecular weight is 391 g/mol. The van der Waals surface area contributed by atoms with Crippen LogP contribution in [0.1, 0.15) is 84.5 Å². The van der Waals surface area contributed by atoms with Crippen molar-refractivity contribution >= 4 is 5.97 Å². The maximum Gasteiger partial charge on any atom is 0.305 e. The minimum Gasteiger partial charge on any atom is -0.481 e. The van der Waals surface area contributed by atoms with Gasteiger partial charge in [0.1, 0.15) is 18.3 Å². The number of ether oxygens (including phenoxy) is 2. The number of hydrogen-bond acceptors (Lipinski definition) is 6. The topological polar surface area (TPSA) is 116 Å². The fourth-order valence-corrected chi connectivity index (χ4v) is 3.41. The smallest absolute Gasteiger partial charge is 0.305 e. The molecule has 0 amide bonds. The third kappa shape index (κ3) is 9.34. The van der Waals surface area contributed by atoms with Gasteiger partial charge in [-0.25, -0.2) is 0 Å². The average Bonchev–Trinajstić information content (AvgIpc) is 2.62. The van der Waals surface area contributed by atoms with Gasteiger partial charge < -0.3 is 29.9 Å². The van der Waals surface area contributed by atoms with Crippen LogP contribution in [0.5, 0.6) is 0 Å². The molecule has 0 aromatic carbocycles. The molecule has 0 bridgehead atoms. The number of aliphatic hydroxyl groups is 3. The second kappa shape index (κ2) is 13.4. The van der Waals surface area contributed by atoms with E-state index in [1.165, 1.54) is 38.5 Å². The van der Waals surface area contributed by atoms with Gasteiger partial charge in [-0.3, -0.25) is 4.79 Å². The van der Waals surface area contributed by atoms with Crippen LogP contribution in [0.4, 0.5) is 0 Å². The molecule has 0 aromatic heterocycles. The SMILES string of the molecule is CCCCCCCCCCC[C@@H](CC(=O)O)O[C@@H]1OC(C)[C@H](O)[C@H](O)C1O. The number of aliphatic hydroxyl groups excluding tert-OH is 3. The van der Waals surface area contributed by atoms with Crippen LogP contribution in [0.3, 0.4) is 0 Å². The van der Waals surface area contributed by atoms with Crippen molar-refractivity contribution in [2.75, 3.05) is 0 Å². The first-order chi connectivity index (χ1) is 12.9. The van der Waals surface area contributed by atoms with Crippen LogP contribution in [-0.2, 0) is 14.3 Å². The van der Waals surface area contributed by atoms with Gasteiger partial charge in [0.15, 0.2) is 6.29 Å². The zero-order chi connectivity index (χ0) is 20.2. The number of unbranched alkanes of at least 4 members (excludes halogenated alkanes) is 8. The third-order valence-electron chi connectivity index (χ3n) is 5.17. The predicted molar refractivity (Wildman–Crippen MR) is 101 cm³/mol. The van der Waals surface area contributed by atoms with Crippen molar-refractivity contribution < 1.29 is 34.7 Å². The Morgan fingerprint density at radius 2 is 1.48 bits per heavy atom. The van der Waals surface area contributed by atoms with Crippen molar-refractivity contribution in [2.45, 2.75) is 121 Å². The summed E-state index contributed by atoms with van der Waals surface area (Å²) in [4.78, 5) is 11.1. The number of hydrogen-bond donors (Lipinski definition) is 4. The first kappa shape index (κ1) is 24.3. The predicted octanol–water partition coefficient (Wildman–Crippen LogP) is 2.59. The Bertz CT molecular complexity index is 404. The summed E-state index contributed by atoms with van der Waals surface area (Å²) in [7, 11) is 0. The molecule has 0 aromatic rings. The van der Waals surface area contributed by atoms with Gasteiger partial charge in [-0.2, -0.15) is 0 Å². The summed E-state index contributed by atoms with van der Waals surface area (Å²) in [5, 5.41) is 38.7. The van der Waals surface area contributed by atoms with Gasteiger partial charge in [-0.05, 0) is 13.3 Å². The molecule has 0 spiro atoms. The number of carboxylic acids is 1. The standard InChI is InChI=1S/C20H38O7/c1-3-4-5-6-7-8-9-10-11-12-15(13-16(21)22)27-20-19(25)18(24)17(23)14(2)26-20/h14-15,17-20,23-25H,3-13H2,1-2H3,(H,21,22)/t14?,15-,17-,18-,19?,20-/m0/s1. The Kier molecular flexibility index (Phi) is 12.1. The molecule has 2 unspecified atom stereocenters. The molecule has 1 aliphatic heterocycles. The van der Waals surface area contributed by atoms with E-state index in [9.17, 15) is 20.1 Å². The second-order valence-corrected chi connectivity index (χ2v) is 7.65. The van der Waals surface area contributed by atoms with E-state index in [-0.39, 0.29) is 6.42 Å². The minimum absolute atomic E-state index is 0.184. The summed E-state index contributed by atoms with van der Waals surface area (Å²) in [6.45, 7) is 3.78. The van der Waals surface area contributed by atoms with Crippen LogP contribution in [0.2, 0.25) is 0 Å². The van der Waals surface area contributed by atoms with E-state index in [4.69, 9.17) is 14.6 Å². The maximum absolute atomic E-state index is 11.1. The summed E-state index contributed by atoms with van der Waals surface area (Å²) in [6, 6.07) is 0. The zero-order valence-corrected chi connectivity index (χ0v) is 16.8. The summed E-state index contributed by atoms with van der Waals surface area (Å²) >= 11 is 0. The highest BCUT2D eigenvalue weighted by Gasteiger charge is 2.43. The summed E-state index contributed by atoms with van der Waals surface area (Å²) in [5.41, 5.74) is 0. The van der Waals surface area contributed by atoms with Gasteiger partial charge in [0.2, 0.25) is 0 Å². The molecule has 6 atom stereocenters. The van der Waals surface area contributed by atoms with Gasteiger partial charge in [-0.15, -0.1) is 0 Å². The quantitative estimate of drug-likeness (QED) is 0.337. The number of carbonyl (C=O) groups is 1. The maximum atomic E-state index is 11.1. The van der Waals surface area contributed by atoms with Crippen molar-refractivity contribution in [1.29, 1.82) is 0 Å². The lowest BCUT2D eigenvalue weighted by Crippen LogP contribution is -2.58. The van der Waals surface area contributed by atoms with Gasteiger partial charge in [-0.1, -0.05) is 64.7 Å². The highest BCUT2D eigenvalue weighted by molar-refractivity contribution is 5.67. The summed E-state index contributed by atoms with van der Waals surface area (Å²) in [6.07, 6.45) is 4.50. The molecule has 0 aliphatic carbocycles. The highest BCUT2D eigenvalue weighted by Crippen LogP contribution is 2.25. The van der Waals surface area contributed by atoms with Gasteiger partial charge >= 0.3 is 5.97 Å². The Hall–Kier alpha value is -0.730. The van der Waals surface area contributed by atoms with Crippen LogP contribution in [0, 0.1) is 0 Å². The highest BCUT2D eigenvalue weighted by atomic mass is 16.7. The van der Waals surface area contributed by atoms with Crippen molar-refractivity contribution in [3.8, 4) is 0 Å². The van der Waals surface area contributed by atoms with Gasteiger partial charge in [0.25, 0.3) is 0 Å². The first-order valence-electron chi connectivity index (χ1n) is 10.4. The molecule has 1 aliphatic rings. The normalized spacial score (nSPS) is 29.6. The van der Waals surface area contributed by atoms with Gasteiger partial charge in [0.05, 0.1) is 18.6 Å². The van der Waals surface area contributed by atoms with E-state index >= 15 is 0 Å². The molecule has 0 radical (unpaired) electrons. The molecule has 27 heavy (non-hydrogen) atoms. The zero-order valence-electron chi connectivity index (χ0n) is 16.8. The molecule has 7 nitrogen and oxygen atoms in total. The molecule has 1 saturated heterocycles. The Labute approximate surface area is 162 Å². The van der Waals surface area contributed by atoms with E-state index in [1.54, 1.807) is 6.92 Å². The van der Waals surface area contributed by atoms with Crippen LogP contribution in [0.15, 0.2) is 0 Å². The van der Waals surface area contributed by atoms with Crippen LogP contribution in [-0.4, -0.2) is 63.2 Å². The van der Waals surface area contributed by atoms with Crippen molar-refractivity contribution in [3.63, 3.8) is 0 Å². The molecule has 1 heterocycles. The van der Waals surface area contributed by atoms with E-state index in [0.29, 0.717) is 6.42 Å². The van der Waals surface area contributed by atoms with Gasteiger partial charge in [0, 0.05) is 0 Å². The lowest BCUT2D eigenvalue weighted by molar-refractivity contribution is -0.304. The third-order valence-corrected chi connectivity index (χ3v) is 5.17. The summed E-state index contributed by atoms with van der Waals surface area (Å²) < 4.78 is 11.1. The minimum atomic E-state index is -1.41. The number of aliphatic carboxylic acids is 1. The first-order valence-corrected chi connectivity index (χ1v) is 10.4. The van der Waals surface area contributed by atoms with E-state index in [2.05, 4.69) is 6.92 Å². The Morgan fingerprint density at radius 1 is 0.926 bits per heavy atom.